The van der Waals surface area contributed by atoms with Crippen LogP contribution in [0, 0.1) is 0 Å². The molecule has 0 aromatic carbocycles. The zero-order valence-electron chi connectivity index (χ0n) is 9.56. The number of ketones is 1. The van der Waals surface area contributed by atoms with Gasteiger partial charge in [0.1, 0.15) is 0 Å². The smallest absolute Gasteiger partial charge is 0.371 e. The van der Waals surface area contributed by atoms with E-state index in [9.17, 15) is 9.59 Å². The first kappa shape index (κ1) is 11.9. The Balaban J connectivity index is 2.06. The first-order valence-corrected chi connectivity index (χ1v) is 5.48. The van der Waals surface area contributed by atoms with Crippen LogP contribution in [0.1, 0.15) is 46.8 Å². The lowest BCUT2D eigenvalue weighted by Gasteiger charge is -2.39. The maximum absolute atomic E-state index is 11.9. The van der Waals surface area contributed by atoms with Crippen molar-refractivity contribution >= 4 is 11.8 Å². The van der Waals surface area contributed by atoms with Crippen LogP contribution in [-0.2, 0) is 4.74 Å². The molecule has 0 atom stereocenters. The molecule has 0 radical (unpaired) electrons. The maximum Gasteiger partial charge on any atom is 0.371 e. The highest BCUT2D eigenvalue weighted by atomic mass is 16.5. The molecule has 1 heterocycles. The molecule has 1 N–H and O–H groups in total. The summed E-state index contributed by atoms with van der Waals surface area (Å²) in [5.41, 5.74) is -0.368. The van der Waals surface area contributed by atoms with Crippen molar-refractivity contribution < 1.29 is 23.8 Å². The van der Waals surface area contributed by atoms with Gasteiger partial charge in [-0.05, 0) is 31.4 Å². The standard InChI is InChI=1S/C12H14O5/c1-16-12(5-2-6-12)7-8(13)9-3-4-10(17-9)11(14)15/h3-4H,2,5-7H2,1H3,(H,14,15). The number of aromatic carboxylic acids is 1. The monoisotopic (exact) mass is 238 g/mol. The minimum atomic E-state index is -1.17. The van der Waals surface area contributed by atoms with E-state index in [-0.39, 0.29) is 29.3 Å². The molecule has 1 saturated carbocycles. The molecule has 1 aliphatic rings. The third-order valence-electron chi connectivity index (χ3n) is 3.27. The van der Waals surface area contributed by atoms with Crippen molar-refractivity contribution in [3.05, 3.63) is 23.7 Å². The van der Waals surface area contributed by atoms with Gasteiger partial charge in [-0.1, -0.05) is 0 Å². The SMILES string of the molecule is COC1(CC(=O)c2ccc(C(=O)O)o2)CCC1. The number of ether oxygens (including phenoxy) is 1. The predicted octanol–water partition coefficient (Wildman–Crippen LogP) is 2.12. The lowest BCUT2D eigenvalue weighted by atomic mass is 9.76. The van der Waals surface area contributed by atoms with Gasteiger partial charge < -0.3 is 14.3 Å². The second kappa shape index (κ2) is 4.33. The first-order valence-electron chi connectivity index (χ1n) is 5.48. The van der Waals surface area contributed by atoms with E-state index in [0.717, 1.165) is 19.3 Å². The summed E-state index contributed by atoms with van der Waals surface area (Å²) in [6.07, 6.45) is 3.03. The van der Waals surface area contributed by atoms with Crippen LogP contribution in [0.2, 0.25) is 0 Å². The molecule has 0 aliphatic heterocycles. The minimum Gasteiger partial charge on any atom is -0.475 e. The van der Waals surface area contributed by atoms with E-state index < -0.39 is 5.97 Å². The fraction of sp³-hybridized carbons (Fsp3) is 0.500. The second-order valence-corrected chi connectivity index (χ2v) is 4.31. The Morgan fingerprint density at radius 2 is 2.06 bits per heavy atom. The average Bonchev–Trinajstić information content (AvgIpc) is 2.72. The first-order chi connectivity index (χ1) is 8.06. The van der Waals surface area contributed by atoms with Gasteiger partial charge in [0.15, 0.2) is 5.76 Å². The van der Waals surface area contributed by atoms with E-state index in [1.165, 1.54) is 12.1 Å². The van der Waals surface area contributed by atoms with E-state index in [1.54, 1.807) is 7.11 Å². The predicted molar refractivity (Wildman–Crippen MR) is 58.2 cm³/mol. The van der Waals surface area contributed by atoms with Crippen molar-refractivity contribution in [3.63, 3.8) is 0 Å². The molecular weight excluding hydrogens is 224 g/mol. The molecule has 0 saturated heterocycles. The van der Waals surface area contributed by atoms with Gasteiger partial charge in [0.05, 0.1) is 5.60 Å². The zero-order chi connectivity index (χ0) is 12.5. The topological polar surface area (TPSA) is 76.7 Å². The average molecular weight is 238 g/mol. The lowest BCUT2D eigenvalue weighted by Crippen LogP contribution is -2.41. The van der Waals surface area contributed by atoms with Gasteiger partial charge in [-0.15, -0.1) is 0 Å². The third-order valence-corrected chi connectivity index (χ3v) is 3.27. The van der Waals surface area contributed by atoms with Crippen LogP contribution >= 0.6 is 0 Å². The highest BCUT2D eigenvalue weighted by molar-refractivity contribution is 5.95. The van der Waals surface area contributed by atoms with Gasteiger partial charge in [0, 0.05) is 13.5 Å². The number of furan rings is 1. The number of carboxylic acid groups (broad SMARTS) is 1. The van der Waals surface area contributed by atoms with Crippen molar-refractivity contribution in [3.8, 4) is 0 Å². The fourth-order valence-corrected chi connectivity index (χ4v) is 2.01. The third kappa shape index (κ3) is 2.24. The quantitative estimate of drug-likeness (QED) is 0.795. The van der Waals surface area contributed by atoms with Crippen LogP contribution in [0.5, 0.6) is 0 Å². The van der Waals surface area contributed by atoms with Crippen LogP contribution in [0.3, 0.4) is 0 Å². The minimum absolute atomic E-state index is 0.0886. The molecule has 92 valence electrons. The highest BCUT2D eigenvalue weighted by Crippen LogP contribution is 2.38. The largest absolute Gasteiger partial charge is 0.475 e. The Hall–Kier alpha value is -1.62. The number of methoxy groups -OCH3 is 1. The molecule has 0 unspecified atom stereocenters. The highest BCUT2D eigenvalue weighted by Gasteiger charge is 2.39. The van der Waals surface area contributed by atoms with Gasteiger partial charge >= 0.3 is 5.97 Å². The van der Waals surface area contributed by atoms with Gasteiger partial charge in [0.25, 0.3) is 0 Å². The van der Waals surface area contributed by atoms with Crippen molar-refractivity contribution in [1.29, 1.82) is 0 Å². The fourth-order valence-electron chi connectivity index (χ4n) is 2.01. The lowest BCUT2D eigenvalue weighted by molar-refractivity contribution is -0.0708. The summed E-state index contributed by atoms with van der Waals surface area (Å²) in [5.74, 6) is -1.51. The van der Waals surface area contributed by atoms with Crippen LogP contribution in [0.25, 0.3) is 0 Å². The Labute approximate surface area is 98.4 Å². The molecule has 1 fully saturated rings. The van der Waals surface area contributed by atoms with Crippen molar-refractivity contribution in [2.24, 2.45) is 0 Å². The summed E-state index contributed by atoms with van der Waals surface area (Å²) in [4.78, 5) is 22.5. The summed E-state index contributed by atoms with van der Waals surface area (Å²) in [5, 5.41) is 8.69. The Bertz CT molecular complexity index is 436. The summed E-state index contributed by atoms with van der Waals surface area (Å²) in [6, 6.07) is 2.68. The summed E-state index contributed by atoms with van der Waals surface area (Å²) in [6.45, 7) is 0. The second-order valence-electron chi connectivity index (χ2n) is 4.31. The van der Waals surface area contributed by atoms with Crippen molar-refractivity contribution in [1.82, 2.24) is 0 Å². The molecule has 5 heteroatoms. The van der Waals surface area contributed by atoms with Crippen molar-refractivity contribution in [2.45, 2.75) is 31.3 Å². The normalized spacial score (nSPS) is 17.5. The molecule has 0 spiro atoms. The molecule has 17 heavy (non-hydrogen) atoms. The van der Waals surface area contributed by atoms with Crippen LogP contribution in [0.15, 0.2) is 16.5 Å². The molecule has 5 nitrogen and oxygen atoms in total. The number of carbonyl (C=O) groups is 2. The van der Waals surface area contributed by atoms with Gasteiger partial charge in [-0.3, -0.25) is 4.79 Å². The molecule has 0 bridgehead atoms. The summed E-state index contributed by atoms with van der Waals surface area (Å²) < 4.78 is 10.3. The Morgan fingerprint density at radius 3 is 2.47 bits per heavy atom. The van der Waals surface area contributed by atoms with E-state index >= 15 is 0 Å². The Morgan fingerprint density at radius 1 is 1.41 bits per heavy atom. The summed E-state index contributed by atoms with van der Waals surface area (Å²) >= 11 is 0. The van der Waals surface area contributed by atoms with Crippen LogP contribution in [0.4, 0.5) is 0 Å². The number of carboxylic acids is 1. The van der Waals surface area contributed by atoms with E-state index in [0.29, 0.717) is 0 Å². The Kier molecular flexibility index (Phi) is 3.02. The van der Waals surface area contributed by atoms with Gasteiger partial charge in [-0.2, -0.15) is 0 Å². The molecular formula is C12H14O5. The number of Topliss-reactive ketones (excluding diaryl/α,β-unsaturated/α-hetero) is 1. The molecule has 1 aliphatic carbocycles. The molecule has 0 amide bonds. The molecule has 2 rings (SSSR count). The van der Waals surface area contributed by atoms with E-state index in [4.69, 9.17) is 14.3 Å². The molecule has 1 aromatic heterocycles. The van der Waals surface area contributed by atoms with Gasteiger partial charge in [-0.25, -0.2) is 4.79 Å². The number of carbonyl (C=O) groups excluding carboxylic acids is 1. The zero-order valence-corrected chi connectivity index (χ0v) is 9.56. The van der Waals surface area contributed by atoms with Gasteiger partial charge in [0.2, 0.25) is 11.5 Å². The van der Waals surface area contributed by atoms with Crippen molar-refractivity contribution in [2.75, 3.05) is 7.11 Å². The van der Waals surface area contributed by atoms with Crippen LogP contribution in [-0.4, -0.2) is 29.6 Å². The number of hydrogen-bond donors (Lipinski definition) is 1. The van der Waals surface area contributed by atoms with Crippen LogP contribution < -0.4 is 0 Å². The number of hydrogen-bond acceptors (Lipinski definition) is 4. The van der Waals surface area contributed by atoms with E-state index in [1.807, 2.05) is 0 Å². The number of rotatable bonds is 5. The summed E-state index contributed by atoms with van der Waals surface area (Å²) in [7, 11) is 1.59. The maximum atomic E-state index is 11.9. The van der Waals surface area contributed by atoms with E-state index in [2.05, 4.69) is 0 Å². The molecule has 1 aromatic rings.